The van der Waals surface area contributed by atoms with Crippen LogP contribution in [-0.4, -0.2) is 30.5 Å². The summed E-state index contributed by atoms with van der Waals surface area (Å²) in [6, 6.07) is 6.56. The minimum Gasteiger partial charge on any atom is -0.490 e. The molecule has 7 heteroatoms. The first-order chi connectivity index (χ1) is 8.44. The van der Waals surface area contributed by atoms with Gasteiger partial charge in [0.15, 0.2) is 0 Å². The maximum atomic E-state index is 11.7. The van der Waals surface area contributed by atoms with Crippen LogP contribution in [-0.2, 0) is 4.74 Å². The van der Waals surface area contributed by atoms with E-state index in [1.54, 1.807) is 31.2 Å². The van der Waals surface area contributed by atoms with Crippen molar-refractivity contribution in [1.82, 2.24) is 0 Å². The van der Waals surface area contributed by atoms with Gasteiger partial charge in [0.05, 0.1) is 12.3 Å². The average molecular weight is 263 g/mol. The van der Waals surface area contributed by atoms with Gasteiger partial charge in [-0.25, -0.2) is 0 Å². The minimum atomic E-state index is -4.66. The predicted octanol–water partition coefficient (Wildman–Crippen LogP) is 2.80. The van der Waals surface area contributed by atoms with Crippen LogP contribution in [0.25, 0.3) is 0 Å². The van der Waals surface area contributed by atoms with E-state index in [2.05, 4.69) is 9.89 Å². The zero-order valence-corrected chi connectivity index (χ0v) is 9.57. The molecule has 0 atom stereocenters. The van der Waals surface area contributed by atoms with Gasteiger partial charge in [-0.3, -0.25) is 4.74 Å². The van der Waals surface area contributed by atoms with Crippen molar-refractivity contribution >= 4 is 5.71 Å². The molecule has 0 saturated heterocycles. The Labute approximate surface area is 102 Å². The normalized spacial score (nSPS) is 12.6. The highest BCUT2D eigenvalue weighted by Crippen LogP contribution is 2.19. The van der Waals surface area contributed by atoms with Gasteiger partial charge >= 0.3 is 6.36 Å². The number of hydrogen-bond acceptors (Lipinski definition) is 4. The summed E-state index contributed by atoms with van der Waals surface area (Å²) in [6.45, 7) is 0.691. The fourth-order valence-electron chi connectivity index (χ4n) is 1.25. The molecule has 18 heavy (non-hydrogen) atoms. The van der Waals surface area contributed by atoms with E-state index < -0.39 is 13.0 Å². The van der Waals surface area contributed by atoms with Gasteiger partial charge in [0.25, 0.3) is 0 Å². The van der Waals surface area contributed by atoms with E-state index in [4.69, 9.17) is 9.94 Å². The number of hydrogen-bond donors (Lipinski definition) is 1. The molecule has 0 unspecified atom stereocenters. The van der Waals surface area contributed by atoms with E-state index in [1.807, 2.05) is 0 Å². The highest BCUT2D eigenvalue weighted by molar-refractivity contribution is 6.00. The van der Waals surface area contributed by atoms with Crippen LogP contribution < -0.4 is 4.74 Å². The van der Waals surface area contributed by atoms with Crippen molar-refractivity contribution in [2.75, 3.05) is 13.2 Å². The SMILES string of the molecule is CC(=NO)c1ccccc1OCCOC(F)(F)F. The number of para-hydroxylation sites is 1. The van der Waals surface area contributed by atoms with Gasteiger partial charge < -0.3 is 9.94 Å². The summed E-state index contributed by atoms with van der Waals surface area (Å²) < 4.78 is 43.9. The number of ether oxygens (including phenoxy) is 2. The van der Waals surface area contributed by atoms with Gasteiger partial charge in [0.2, 0.25) is 0 Å². The molecule has 0 bridgehead atoms. The maximum absolute atomic E-state index is 11.7. The Bertz CT molecular complexity index is 418. The van der Waals surface area contributed by atoms with Crippen LogP contribution in [0.5, 0.6) is 5.75 Å². The third kappa shape index (κ3) is 4.62. The van der Waals surface area contributed by atoms with E-state index in [-0.39, 0.29) is 6.61 Å². The molecule has 0 heterocycles. The van der Waals surface area contributed by atoms with Gasteiger partial charge in [-0.1, -0.05) is 17.3 Å². The smallest absolute Gasteiger partial charge is 0.490 e. The molecule has 0 aliphatic heterocycles. The molecule has 0 aromatic heterocycles. The highest BCUT2D eigenvalue weighted by atomic mass is 19.4. The quantitative estimate of drug-likeness (QED) is 0.384. The van der Waals surface area contributed by atoms with Crippen molar-refractivity contribution in [3.05, 3.63) is 29.8 Å². The Kier molecular flexibility index (Phi) is 4.96. The van der Waals surface area contributed by atoms with Crippen LogP contribution in [0.4, 0.5) is 13.2 Å². The zero-order chi connectivity index (χ0) is 13.6. The summed E-state index contributed by atoms with van der Waals surface area (Å²) >= 11 is 0. The van der Waals surface area contributed by atoms with Crippen LogP contribution in [0.1, 0.15) is 12.5 Å². The highest BCUT2D eigenvalue weighted by Gasteiger charge is 2.28. The Morgan fingerprint density at radius 3 is 2.56 bits per heavy atom. The van der Waals surface area contributed by atoms with E-state index in [0.29, 0.717) is 17.0 Å². The van der Waals surface area contributed by atoms with Crippen molar-refractivity contribution in [3.63, 3.8) is 0 Å². The van der Waals surface area contributed by atoms with Crippen LogP contribution in [0.2, 0.25) is 0 Å². The van der Waals surface area contributed by atoms with Crippen LogP contribution >= 0.6 is 0 Å². The van der Waals surface area contributed by atoms with Crippen molar-refractivity contribution in [3.8, 4) is 5.75 Å². The van der Waals surface area contributed by atoms with Crippen molar-refractivity contribution < 1.29 is 27.9 Å². The Balaban J connectivity index is 2.57. The maximum Gasteiger partial charge on any atom is 0.522 e. The molecule has 0 aliphatic rings. The molecule has 1 aromatic carbocycles. The largest absolute Gasteiger partial charge is 0.522 e. The topological polar surface area (TPSA) is 51.1 Å². The van der Waals surface area contributed by atoms with Crippen molar-refractivity contribution in [2.24, 2.45) is 5.16 Å². The van der Waals surface area contributed by atoms with E-state index >= 15 is 0 Å². The molecule has 4 nitrogen and oxygen atoms in total. The van der Waals surface area contributed by atoms with Gasteiger partial charge in [0, 0.05) is 5.56 Å². The Hall–Kier alpha value is -1.76. The Morgan fingerprint density at radius 1 is 1.28 bits per heavy atom. The molecule has 0 radical (unpaired) electrons. The zero-order valence-electron chi connectivity index (χ0n) is 9.57. The number of nitrogens with zero attached hydrogens (tertiary/aromatic N) is 1. The molecular formula is C11H12F3NO3. The van der Waals surface area contributed by atoms with Gasteiger partial charge in [-0.2, -0.15) is 0 Å². The van der Waals surface area contributed by atoms with Crippen molar-refractivity contribution in [1.29, 1.82) is 0 Å². The third-order valence-corrected chi connectivity index (χ3v) is 2.03. The second-order valence-electron chi connectivity index (χ2n) is 3.32. The first-order valence-corrected chi connectivity index (χ1v) is 5.05. The van der Waals surface area contributed by atoms with Gasteiger partial charge in [0.1, 0.15) is 12.4 Å². The lowest BCUT2D eigenvalue weighted by Crippen LogP contribution is -2.18. The molecule has 0 fully saturated rings. The predicted molar refractivity (Wildman–Crippen MR) is 57.9 cm³/mol. The standard InChI is InChI=1S/C11H12F3NO3/c1-8(15-16)9-4-2-3-5-10(9)17-6-7-18-11(12,13)14/h2-5,16H,6-7H2,1H3. The summed E-state index contributed by atoms with van der Waals surface area (Å²) in [6.07, 6.45) is -4.66. The number of oxime groups is 1. The van der Waals surface area contributed by atoms with Gasteiger partial charge in [-0.05, 0) is 19.1 Å². The number of alkyl halides is 3. The molecule has 1 N–H and O–H groups in total. The minimum absolute atomic E-state index is 0.255. The van der Waals surface area contributed by atoms with E-state index in [1.165, 1.54) is 0 Å². The molecular weight excluding hydrogens is 251 g/mol. The lowest BCUT2D eigenvalue weighted by Gasteiger charge is -2.11. The van der Waals surface area contributed by atoms with Crippen LogP contribution in [0.3, 0.4) is 0 Å². The molecule has 100 valence electrons. The van der Waals surface area contributed by atoms with Crippen LogP contribution in [0.15, 0.2) is 29.4 Å². The lowest BCUT2D eigenvalue weighted by molar-refractivity contribution is -0.325. The summed E-state index contributed by atoms with van der Waals surface area (Å²) in [4.78, 5) is 0. The summed E-state index contributed by atoms with van der Waals surface area (Å²) in [7, 11) is 0. The molecule has 1 aromatic rings. The number of rotatable bonds is 5. The van der Waals surface area contributed by atoms with Gasteiger partial charge in [-0.15, -0.1) is 13.2 Å². The molecule has 0 spiro atoms. The first-order valence-electron chi connectivity index (χ1n) is 5.05. The Morgan fingerprint density at radius 2 is 1.94 bits per heavy atom. The molecule has 1 rings (SSSR count). The first kappa shape index (κ1) is 14.3. The molecule has 0 amide bonds. The molecule has 0 aliphatic carbocycles. The average Bonchev–Trinajstić information content (AvgIpc) is 2.33. The summed E-state index contributed by atoms with van der Waals surface area (Å²) in [5.41, 5.74) is 0.814. The summed E-state index contributed by atoms with van der Waals surface area (Å²) in [5, 5.41) is 11.7. The van der Waals surface area contributed by atoms with Crippen LogP contribution in [0, 0.1) is 0 Å². The fourth-order valence-corrected chi connectivity index (χ4v) is 1.25. The second kappa shape index (κ2) is 6.25. The second-order valence-corrected chi connectivity index (χ2v) is 3.32. The lowest BCUT2D eigenvalue weighted by atomic mass is 10.1. The number of halogens is 3. The van der Waals surface area contributed by atoms with Crippen molar-refractivity contribution in [2.45, 2.75) is 13.3 Å². The monoisotopic (exact) mass is 263 g/mol. The van der Waals surface area contributed by atoms with E-state index in [9.17, 15) is 13.2 Å². The fraction of sp³-hybridized carbons (Fsp3) is 0.364. The van der Waals surface area contributed by atoms with E-state index in [0.717, 1.165) is 0 Å². The molecule has 0 saturated carbocycles. The third-order valence-electron chi connectivity index (χ3n) is 2.03. The summed E-state index contributed by atoms with van der Waals surface area (Å²) in [5.74, 6) is 0.332. The number of benzene rings is 1.